The van der Waals surface area contributed by atoms with Gasteiger partial charge in [0.2, 0.25) is 5.95 Å². The Hall–Kier alpha value is -1.23. The zero-order chi connectivity index (χ0) is 12.1. The molecule has 1 aliphatic rings. The van der Waals surface area contributed by atoms with Crippen molar-refractivity contribution >= 4 is 5.69 Å². The molecule has 1 N–H and O–H groups in total. The highest BCUT2D eigenvalue weighted by atomic mass is 19.1. The molecule has 2 rings (SSSR count). The minimum Gasteiger partial charge on any atom is -0.377 e. The molecule has 17 heavy (non-hydrogen) atoms. The molecule has 1 aromatic heterocycles. The van der Waals surface area contributed by atoms with Crippen LogP contribution in [0.25, 0.3) is 0 Å². The number of nitrogens with zero attached hydrogens (tertiary/aromatic N) is 2. The van der Waals surface area contributed by atoms with Crippen LogP contribution >= 0.6 is 0 Å². The maximum absolute atomic E-state index is 13.3. The third-order valence-electron chi connectivity index (χ3n) is 3.00. The molecule has 1 saturated heterocycles. The lowest BCUT2D eigenvalue weighted by Gasteiger charge is -2.16. The second-order valence-electron chi connectivity index (χ2n) is 4.31. The molecule has 0 bridgehead atoms. The van der Waals surface area contributed by atoms with Crippen molar-refractivity contribution in [1.82, 2.24) is 9.88 Å². The van der Waals surface area contributed by atoms with E-state index in [-0.39, 0.29) is 12.7 Å². The van der Waals surface area contributed by atoms with Gasteiger partial charge in [0.25, 0.3) is 0 Å². The Morgan fingerprint density at radius 2 is 2.41 bits per heavy atom. The number of hydrogen-bond donors (Lipinski definition) is 1. The van der Waals surface area contributed by atoms with Crippen LogP contribution in [0.1, 0.15) is 12.8 Å². The van der Waals surface area contributed by atoms with Crippen LogP contribution in [0.2, 0.25) is 0 Å². The van der Waals surface area contributed by atoms with Crippen LogP contribution in [0.3, 0.4) is 0 Å². The maximum atomic E-state index is 13.3. The van der Waals surface area contributed by atoms with Crippen molar-refractivity contribution in [2.75, 3.05) is 31.6 Å². The molecule has 2 heterocycles. The van der Waals surface area contributed by atoms with Crippen molar-refractivity contribution in [3.8, 4) is 0 Å². The van der Waals surface area contributed by atoms with Crippen molar-refractivity contribution < 1.29 is 8.78 Å². The van der Waals surface area contributed by atoms with Gasteiger partial charge in [-0.2, -0.15) is 4.39 Å². The topological polar surface area (TPSA) is 28.2 Å². The van der Waals surface area contributed by atoms with Crippen molar-refractivity contribution in [1.29, 1.82) is 0 Å². The van der Waals surface area contributed by atoms with Gasteiger partial charge in [0.1, 0.15) is 0 Å². The summed E-state index contributed by atoms with van der Waals surface area (Å²) >= 11 is 0. The fourth-order valence-corrected chi connectivity index (χ4v) is 2.15. The molecular weight excluding hydrogens is 224 g/mol. The number of alkyl halides is 1. The highest BCUT2D eigenvalue weighted by Gasteiger charge is 2.22. The predicted octanol–water partition coefficient (Wildman–Crippen LogP) is 2.07. The number of nitrogens with one attached hydrogen (secondary N) is 1. The normalized spacial score (nSPS) is 20.7. The zero-order valence-corrected chi connectivity index (χ0v) is 9.70. The zero-order valence-electron chi connectivity index (χ0n) is 9.70. The maximum Gasteiger partial charge on any atom is 0.236 e. The lowest BCUT2D eigenvalue weighted by atomic mass is 10.2. The Labute approximate surface area is 99.8 Å². The minimum atomic E-state index is -0.463. The molecular formula is C12H17F2N3. The average molecular weight is 241 g/mol. The number of aromatic nitrogens is 1. The van der Waals surface area contributed by atoms with Crippen molar-refractivity contribution in [2.45, 2.75) is 18.9 Å². The first-order valence-corrected chi connectivity index (χ1v) is 5.95. The van der Waals surface area contributed by atoms with Gasteiger partial charge in [0, 0.05) is 31.9 Å². The first-order valence-electron chi connectivity index (χ1n) is 5.95. The summed E-state index contributed by atoms with van der Waals surface area (Å²) in [5, 5.41) is 3.14. The van der Waals surface area contributed by atoms with Crippen molar-refractivity contribution in [2.24, 2.45) is 0 Å². The van der Waals surface area contributed by atoms with Crippen LogP contribution < -0.4 is 5.32 Å². The molecule has 3 nitrogen and oxygen atoms in total. The first kappa shape index (κ1) is 12.2. The van der Waals surface area contributed by atoms with Gasteiger partial charge in [-0.25, -0.2) is 4.98 Å². The van der Waals surface area contributed by atoms with E-state index < -0.39 is 5.95 Å². The lowest BCUT2D eigenvalue weighted by Crippen LogP contribution is -2.27. The predicted molar refractivity (Wildman–Crippen MR) is 63.3 cm³/mol. The van der Waals surface area contributed by atoms with Crippen LogP contribution in [-0.2, 0) is 0 Å². The van der Waals surface area contributed by atoms with E-state index in [4.69, 9.17) is 0 Å². The molecule has 0 unspecified atom stereocenters. The van der Waals surface area contributed by atoms with Crippen LogP contribution in [0.4, 0.5) is 14.5 Å². The van der Waals surface area contributed by atoms with Gasteiger partial charge in [-0.1, -0.05) is 0 Å². The van der Waals surface area contributed by atoms with Gasteiger partial charge in [-0.3, -0.25) is 4.39 Å². The summed E-state index contributed by atoms with van der Waals surface area (Å²) in [4.78, 5) is 5.80. The Balaban J connectivity index is 1.83. The fourth-order valence-electron chi connectivity index (χ4n) is 2.15. The van der Waals surface area contributed by atoms with E-state index in [9.17, 15) is 8.78 Å². The highest BCUT2D eigenvalue weighted by Crippen LogP contribution is 2.17. The smallest absolute Gasteiger partial charge is 0.236 e. The summed E-state index contributed by atoms with van der Waals surface area (Å²) in [5.74, 6) is -0.463. The summed E-state index contributed by atoms with van der Waals surface area (Å²) in [6.45, 7) is 2.30. The Kier molecular flexibility index (Phi) is 4.25. The van der Waals surface area contributed by atoms with Crippen LogP contribution in [0.5, 0.6) is 0 Å². The highest BCUT2D eigenvalue weighted by molar-refractivity contribution is 5.42. The molecule has 5 heteroatoms. The van der Waals surface area contributed by atoms with E-state index in [1.807, 2.05) is 0 Å². The molecule has 0 aliphatic carbocycles. The largest absolute Gasteiger partial charge is 0.377 e. The van der Waals surface area contributed by atoms with E-state index >= 15 is 0 Å². The molecule has 0 amide bonds. The van der Waals surface area contributed by atoms with Crippen molar-refractivity contribution in [3.05, 3.63) is 24.3 Å². The molecule has 0 saturated carbocycles. The van der Waals surface area contributed by atoms with Gasteiger partial charge in [-0.05, 0) is 25.0 Å². The van der Waals surface area contributed by atoms with E-state index in [2.05, 4.69) is 15.2 Å². The first-order chi connectivity index (χ1) is 8.29. The molecule has 1 aliphatic heterocycles. The third-order valence-corrected chi connectivity index (χ3v) is 3.00. The van der Waals surface area contributed by atoms with Gasteiger partial charge in [0.05, 0.1) is 12.4 Å². The summed E-state index contributed by atoms with van der Waals surface area (Å²) in [5.41, 5.74) is 0.449. The molecule has 94 valence electrons. The standard InChI is InChI=1S/C12H17F2N3/c13-5-2-7-17-8-4-10(9-17)16-11-3-1-6-15-12(11)14/h1,3,6,10,16H,2,4-5,7-9H2/t10-/m0/s1. The Bertz CT molecular complexity index is 359. The number of pyridine rings is 1. The number of anilines is 1. The molecule has 1 fully saturated rings. The molecule has 1 atom stereocenters. The summed E-state index contributed by atoms with van der Waals surface area (Å²) < 4.78 is 25.3. The van der Waals surface area contributed by atoms with Crippen LogP contribution in [0, 0.1) is 5.95 Å². The number of hydrogen-bond acceptors (Lipinski definition) is 3. The lowest BCUT2D eigenvalue weighted by molar-refractivity contribution is 0.310. The molecule has 0 spiro atoms. The van der Waals surface area contributed by atoms with Gasteiger partial charge >= 0.3 is 0 Å². The minimum absolute atomic E-state index is 0.230. The number of likely N-dealkylation sites (tertiary alicyclic amines) is 1. The van der Waals surface area contributed by atoms with Crippen LogP contribution in [-0.4, -0.2) is 42.2 Å². The Morgan fingerprint density at radius 1 is 1.53 bits per heavy atom. The van der Waals surface area contributed by atoms with E-state index in [0.29, 0.717) is 12.1 Å². The van der Waals surface area contributed by atoms with Gasteiger partial charge < -0.3 is 10.2 Å². The van der Waals surface area contributed by atoms with Crippen LogP contribution in [0.15, 0.2) is 18.3 Å². The summed E-state index contributed by atoms with van der Waals surface area (Å²) in [7, 11) is 0. The molecule has 1 aromatic rings. The second-order valence-corrected chi connectivity index (χ2v) is 4.31. The number of rotatable bonds is 5. The average Bonchev–Trinajstić information content (AvgIpc) is 2.77. The van der Waals surface area contributed by atoms with E-state index in [1.54, 1.807) is 12.1 Å². The summed E-state index contributed by atoms with van der Waals surface area (Å²) in [6.07, 6.45) is 2.97. The molecule has 0 aromatic carbocycles. The second kappa shape index (κ2) is 5.91. The van der Waals surface area contributed by atoms with Gasteiger partial charge in [0.15, 0.2) is 0 Å². The SMILES string of the molecule is FCCCN1CC[C@H](Nc2cccnc2F)C1. The van der Waals surface area contributed by atoms with Crippen molar-refractivity contribution in [3.63, 3.8) is 0 Å². The fraction of sp³-hybridized carbons (Fsp3) is 0.583. The Morgan fingerprint density at radius 3 is 3.18 bits per heavy atom. The summed E-state index contributed by atoms with van der Waals surface area (Å²) in [6, 6.07) is 3.63. The monoisotopic (exact) mass is 241 g/mol. The number of halogens is 2. The van der Waals surface area contributed by atoms with E-state index in [1.165, 1.54) is 6.20 Å². The quantitative estimate of drug-likeness (QED) is 0.800. The van der Waals surface area contributed by atoms with E-state index in [0.717, 1.165) is 26.1 Å². The molecule has 0 radical (unpaired) electrons. The third kappa shape index (κ3) is 3.36. The van der Waals surface area contributed by atoms with Gasteiger partial charge in [-0.15, -0.1) is 0 Å².